The molecular weight excluding hydrogens is 238 g/mol. The molecular formula is C16H11NO2. The summed E-state index contributed by atoms with van der Waals surface area (Å²) in [6, 6.07) is 16.8. The average Bonchev–Trinajstić information content (AvgIpc) is 2.48. The van der Waals surface area contributed by atoms with Gasteiger partial charge in [-0.25, -0.2) is 4.79 Å². The highest BCUT2D eigenvalue weighted by Crippen LogP contribution is 2.25. The summed E-state index contributed by atoms with van der Waals surface area (Å²) >= 11 is 0. The highest BCUT2D eigenvalue weighted by Gasteiger charge is 2.10. The minimum absolute atomic E-state index is 0.399. The van der Waals surface area contributed by atoms with Crippen molar-refractivity contribution in [3.8, 4) is 5.75 Å². The zero-order chi connectivity index (χ0) is 13.1. The van der Waals surface area contributed by atoms with Crippen LogP contribution >= 0.6 is 0 Å². The normalized spacial score (nSPS) is 10.3. The summed E-state index contributed by atoms with van der Waals surface area (Å²) in [6.07, 6.45) is 3.11. The molecule has 3 aromatic rings. The predicted octanol–water partition coefficient (Wildman–Crippen LogP) is 3.45. The van der Waals surface area contributed by atoms with Gasteiger partial charge in [-0.2, -0.15) is 0 Å². The first-order chi connectivity index (χ1) is 9.34. The van der Waals surface area contributed by atoms with E-state index >= 15 is 0 Å². The molecule has 3 nitrogen and oxygen atoms in total. The highest BCUT2D eigenvalue weighted by atomic mass is 16.5. The summed E-state index contributed by atoms with van der Waals surface area (Å²) < 4.78 is 5.43. The lowest BCUT2D eigenvalue weighted by molar-refractivity contribution is 0.0736. The van der Waals surface area contributed by atoms with Crippen LogP contribution in [-0.2, 0) is 0 Å². The van der Waals surface area contributed by atoms with Crippen molar-refractivity contribution in [1.82, 2.24) is 4.98 Å². The molecule has 0 unspecified atom stereocenters. The molecule has 0 fully saturated rings. The van der Waals surface area contributed by atoms with E-state index in [4.69, 9.17) is 4.74 Å². The van der Waals surface area contributed by atoms with Gasteiger partial charge in [0.25, 0.3) is 0 Å². The predicted molar refractivity (Wildman–Crippen MR) is 73.1 cm³/mol. The first kappa shape index (κ1) is 11.4. The topological polar surface area (TPSA) is 39.2 Å². The van der Waals surface area contributed by atoms with Crippen LogP contribution in [0, 0.1) is 0 Å². The van der Waals surface area contributed by atoms with Crippen LogP contribution < -0.4 is 4.74 Å². The molecule has 0 N–H and O–H groups in total. The minimum atomic E-state index is -0.399. The Bertz CT molecular complexity index is 718. The average molecular weight is 249 g/mol. The number of hydrogen-bond acceptors (Lipinski definition) is 3. The number of hydrogen-bond donors (Lipinski definition) is 0. The Labute approximate surface area is 110 Å². The molecule has 3 heteroatoms. The first-order valence-electron chi connectivity index (χ1n) is 5.94. The summed E-state index contributed by atoms with van der Waals surface area (Å²) in [5, 5.41) is 1.96. The van der Waals surface area contributed by atoms with E-state index in [-0.39, 0.29) is 0 Å². The Morgan fingerprint density at radius 1 is 0.947 bits per heavy atom. The summed E-state index contributed by atoms with van der Waals surface area (Å²) in [7, 11) is 0. The van der Waals surface area contributed by atoms with Gasteiger partial charge in [-0.3, -0.25) is 4.98 Å². The maximum atomic E-state index is 12.0. The summed E-state index contributed by atoms with van der Waals surface area (Å²) in [4.78, 5) is 15.9. The van der Waals surface area contributed by atoms with Crippen LogP contribution in [-0.4, -0.2) is 11.0 Å². The Hall–Kier alpha value is -2.68. The molecule has 0 aliphatic heterocycles. The first-order valence-corrected chi connectivity index (χ1v) is 5.94. The van der Waals surface area contributed by atoms with Gasteiger partial charge in [-0.1, -0.05) is 36.4 Å². The van der Waals surface area contributed by atoms with Crippen molar-refractivity contribution in [1.29, 1.82) is 0 Å². The fraction of sp³-hybridized carbons (Fsp3) is 0. The van der Waals surface area contributed by atoms with Crippen molar-refractivity contribution in [3.05, 3.63) is 72.6 Å². The Morgan fingerprint density at radius 3 is 2.63 bits per heavy atom. The van der Waals surface area contributed by atoms with Gasteiger partial charge < -0.3 is 4.74 Å². The molecule has 0 amide bonds. The number of esters is 1. The van der Waals surface area contributed by atoms with E-state index in [1.165, 1.54) is 6.20 Å². The lowest BCUT2D eigenvalue weighted by Gasteiger charge is -2.07. The van der Waals surface area contributed by atoms with Crippen LogP contribution in [0.1, 0.15) is 10.4 Å². The van der Waals surface area contributed by atoms with Crippen LogP contribution in [0.5, 0.6) is 5.75 Å². The lowest BCUT2D eigenvalue weighted by Crippen LogP contribution is -2.08. The number of rotatable bonds is 2. The number of pyridine rings is 1. The van der Waals surface area contributed by atoms with E-state index in [0.717, 1.165) is 10.8 Å². The third-order valence-electron chi connectivity index (χ3n) is 2.85. The second-order valence-corrected chi connectivity index (χ2v) is 4.11. The molecule has 0 bridgehead atoms. The maximum absolute atomic E-state index is 12.0. The van der Waals surface area contributed by atoms with Gasteiger partial charge in [-0.15, -0.1) is 0 Å². The fourth-order valence-electron chi connectivity index (χ4n) is 1.93. The standard InChI is InChI=1S/C16H11NO2/c18-16(13-7-4-10-17-11-13)19-15-9-3-6-12-5-1-2-8-14(12)15/h1-11H. The van der Waals surface area contributed by atoms with Crippen molar-refractivity contribution < 1.29 is 9.53 Å². The van der Waals surface area contributed by atoms with Crippen LogP contribution in [0.3, 0.4) is 0 Å². The SMILES string of the molecule is O=C(Oc1cccc2ccccc12)c1cccnc1. The maximum Gasteiger partial charge on any atom is 0.345 e. The fourth-order valence-corrected chi connectivity index (χ4v) is 1.93. The molecule has 0 aliphatic carbocycles. The number of ether oxygens (including phenoxy) is 1. The zero-order valence-corrected chi connectivity index (χ0v) is 10.1. The summed E-state index contributed by atoms with van der Waals surface area (Å²) in [5.41, 5.74) is 0.440. The molecule has 0 atom stereocenters. The Balaban J connectivity index is 1.96. The van der Waals surface area contributed by atoms with Gasteiger partial charge in [-0.05, 0) is 23.6 Å². The number of nitrogens with zero attached hydrogens (tertiary/aromatic N) is 1. The van der Waals surface area contributed by atoms with Crippen molar-refractivity contribution in [2.75, 3.05) is 0 Å². The number of fused-ring (bicyclic) bond motifs is 1. The van der Waals surface area contributed by atoms with Gasteiger partial charge in [0.2, 0.25) is 0 Å². The van der Waals surface area contributed by atoms with Crippen LogP contribution in [0.25, 0.3) is 10.8 Å². The molecule has 1 aromatic heterocycles. The van der Waals surface area contributed by atoms with Crippen LogP contribution in [0.15, 0.2) is 67.0 Å². The van der Waals surface area contributed by atoms with Crippen molar-refractivity contribution in [2.24, 2.45) is 0 Å². The van der Waals surface area contributed by atoms with Gasteiger partial charge >= 0.3 is 5.97 Å². The second-order valence-electron chi connectivity index (χ2n) is 4.11. The number of benzene rings is 2. The van der Waals surface area contributed by atoms with E-state index in [0.29, 0.717) is 11.3 Å². The van der Waals surface area contributed by atoms with Crippen LogP contribution in [0.4, 0.5) is 0 Å². The molecule has 2 aromatic carbocycles. The highest BCUT2D eigenvalue weighted by molar-refractivity contribution is 5.95. The number of carbonyl (C=O) groups is 1. The number of aromatic nitrogens is 1. The monoisotopic (exact) mass is 249 g/mol. The van der Waals surface area contributed by atoms with Crippen LogP contribution in [0.2, 0.25) is 0 Å². The van der Waals surface area contributed by atoms with Gasteiger partial charge in [0.05, 0.1) is 5.56 Å². The Kier molecular flexibility index (Phi) is 2.94. The third kappa shape index (κ3) is 2.31. The van der Waals surface area contributed by atoms with E-state index in [9.17, 15) is 4.79 Å². The molecule has 92 valence electrons. The summed E-state index contributed by atoms with van der Waals surface area (Å²) in [6.45, 7) is 0. The van der Waals surface area contributed by atoms with Crippen molar-refractivity contribution in [3.63, 3.8) is 0 Å². The van der Waals surface area contributed by atoms with E-state index in [2.05, 4.69) is 4.98 Å². The van der Waals surface area contributed by atoms with Gasteiger partial charge in [0.15, 0.2) is 0 Å². The third-order valence-corrected chi connectivity index (χ3v) is 2.85. The molecule has 0 aliphatic rings. The smallest absolute Gasteiger partial charge is 0.345 e. The molecule has 0 spiro atoms. The van der Waals surface area contributed by atoms with Gasteiger partial charge in [0.1, 0.15) is 5.75 Å². The van der Waals surface area contributed by atoms with Crippen molar-refractivity contribution >= 4 is 16.7 Å². The molecule has 3 rings (SSSR count). The van der Waals surface area contributed by atoms with E-state index in [1.807, 2.05) is 36.4 Å². The quantitative estimate of drug-likeness (QED) is 0.515. The van der Waals surface area contributed by atoms with Crippen molar-refractivity contribution in [2.45, 2.75) is 0 Å². The zero-order valence-electron chi connectivity index (χ0n) is 10.1. The Morgan fingerprint density at radius 2 is 1.79 bits per heavy atom. The molecule has 0 saturated heterocycles. The summed E-state index contributed by atoms with van der Waals surface area (Å²) in [5.74, 6) is 0.163. The van der Waals surface area contributed by atoms with Gasteiger partial charge in [0, 0.05) is 17.8 Å². The molecule has 0 saturated carbocycles. The molecule has 19 heavy (non-hydrogen) atoms. The molecule has 0 radical (unpaired) electrons. The second kappa shape index (κ2) is 4.90. The van der Waals surface area contributed by atoms with E-state index < -0.39 is 5.97 Å². The van der Waals surface area contributed by atoms with E-state index in [1.54, 1.807) is 24.4 Å². The molecule has 1 heterocycles. The lowest BCUT2D eigenvalue weighted by atomic mass is 10.1. The number of carbonyl (C=O) groups excluding carboxylic acids is 1. The largest absolute Gasteiger partial charge is 0.422 e. The minimum Gasteiger partial charge on any atom is -0.422 e.